The summed E-state index contributed by atoms with van der Waals surface area (Å²) in [5.41, 5.74) is 3.53. The standard InChI is InChI=1S/C17H13Br2NS/c1-11-17(13-5-3-7-15(19)10-13)20-16(21-11)9-12-4-2-6-14(18)8-12/h2-8,10H,9H2,1H3. The zero-order valence-corrected chi connectivity index (χ0v) is 15.4. The molecule has 0 N–H and O–H groups in total. The van der Waals surface area contributed by atoms with Gasteiger partial charge in [-0.05, 0) is 36.8 Å². The van der Waals surface area contributed by atoms with E-state index in [0.717, 1.165) is 26.1 Å². The predicted molar refractivity (Wildman–Crippen MR) is 96.9 cm³/mol. The van der Waals surface area contributed by atoms with Crippen LogP contribution in [0.1, 0.15) is 15.4 Å². The first kappa shape index (κ1) is 14.9. The van der Waals surface area contributed by atoms with Crippen LogP contribution < -0.4 is 0 Å². The third kappa shape index (κ3) is 3.62. The lowest BCUT2D eigenvalue weighted by Gasteiger charge is -2.00. The Morgan fingerprint density at radius 3 is 2.43 bits per heavy atom. The van der Waals surface area contributed by atoms with Gasteiger partial charge in [-0.15, -0.1) is 11.3 Å². The molecule has 0 aliphatic carbocycles. The molecule has 0 bridgehead atoms. The largest absolute Gasteiger partial charge is 0.241 e. The van der Waals surface area contributed by atoms with Gasteiger partial charge in [0.05, 0.1) is 10.7 Å². The molecule has 1 nitrogen and oxygen atoms in total. The van der Waals surface area contributed by atoms with E-state index in [1.165, 1.54) is 16.0 Å². The summed E-state index contributed by atoms with van der Waals surface area (Å²) >= 11 is 8.81. The van der Waals surface area contributed by atoms with Crippen molar-refractivity contribution >= 4 is 43.2 Å². The van der Waals surface area contributed by atoms with Crippen molar-refractivity contribution in [1.82, 2.24) is 4.98 Å². The Morgan fingerprint density at radius 1 is 1.00 bits per heavy atom. The molecule has 0 radical (unpaired) electrons. The number of hydrogen-bond donors (Lipinski definition) is 0. The average molecular weight is 423 g/mol. The van der Waals surface area contributed by atoms with Crippen molar-refractivity contribution < 1.29 is 0 Å². The highest BCUT2D eigenvalue weighted by Gasteiger charge is 2.10. The third-order valence-corrected chi connectivity index (χ3v) is 5.14. The average Bonchev–Trinajstić information content (AvgIpc) is 2.79. The van der Waals surface area contributed by atoms with Crippen molar-refractivity contribution in [2.24, 2.45) is 0 Å². The Balaban J connectivity index is 1.91. The molecule has 1 heterocycles. The Labute approximate surface area is 145 Å². The number of halogens is 2. The maximum atomic E-state index is 4.83. The summed E-state index contributed by atoms with van der Waals surface area (Å²) in [4.78, 5) is 6.09. The van der Waals surface area contributed by atoms with E-state index in [9.17, 15) is 0 Å². The van der Waals surface area contributed by atoms with Gasteiger partial charge in [0.2, 0.25) is 0 Å². The molecule has 0 amide bonds. The number of rotatable bonds is 3. The summed E-state index contributed by atoms with van der Waals surface area (Å²) in [7, 11) is 0. The van der Waals surface area contributed by atoms with Gasteiger partial charge in [-0.25, -0.2) is 4.98 Å². The molecular formula is C17H13Br2NS. The van der Waals surface area contributed by atoms with Crippen LogP contribution in [0.5, 0.6) is 0 Å². The Hall–Kier alpha value is -0.970. The number of hydrogen-bond acceptors (Lipinski definition) is 2. The fraction of sp³-hybridized carbons (Fsp3) is 0.118. The van der Waals surface area contributed by atoms with Crippen LogP contribution >= 0.6 is 43.2 Å². The van der Waals surface area contributed by atoms with Crippen LogP contribution in [0.2, 0.25) is 0 Å². The van der Waals surface area contributed by atoms with Gasteiger partial charge in [0.25, 0.3) is 0 Å². The van der Waals surface area contributed by atoms with Gasteiger partial charge in [0.1, 0.15) is 0 Å². The maximum Gasteiger partial charge on any atom is 0.0979 e. The fourth-order valence-electron chi connectivity index (χ4n) is 2.25. The highest BCUT2D eigenvalue weighted by Crippen LogP contribution is 2.30. The summed E-state index contributed by atoms with van der Waals surface area (Å²) in [5.74, 6) is 0. The van der Waals surface area contributed by atoms with Crippen LogP contribution in [0.25, 0.3) is 11.3 Å². The predicted octanol–water partition coefficient (Wildman–Crippen LogP) is 6.23. The molecule has 0 spiro atoms. The third-order valence-electron chi connectivity index (χ3n) is 3.18. The second-order valence-electron chi connectivity index (χ2n) is 4.83. The molecule has 0 saturated carbocycles. The maximum absolute atomic E-state index is 4.83. The van der Waals surface area contributed by atoms with Crippen molar-refractivity contribution in [3.63, 3.8) is 0 Å². The second-order valence-corrected chi connectivity index (χ2v) is 7.95. The molecule has 1 aromatic heterocycles. The Morgan fingerprint density at radius 2 is 1.71 bits per heavy atom. The van der Waals surface area contributed by atoms with Crippen LogP contribution in [-0.2, 0) is 6.42 Å². The van der Waals surface area contributed by atoms with Gasteiger partial charge in [0.15, 0.2) is 0 Å². The molecule has 4 heteroatoms. The number of aromatic nitrogens is 1. The first-order valence-corrected chi connectivity index (χ1v) is 8.99. The van der Waals surface area contributed by atoms with E-state index in [1.54, 1.807) is 11.3 Å². The monoisotopic (exact) mass is 421 g/mol. The topological polar surface area (TPSA) is 12.9 Å². The second kappa shape index (κ2) is 6.42. The first-order chi connectivity index (χ1) is 10.1. The van der Waals surface area contributed by atoms with Crippen LogP contribution in [0.3, 0.4) is 0 Å². The van der Waals surface area contributed by atoms with Crippen molar-refractivity contribution in [3.8, 4) is 11.3 Å². The highest BCUT2D eigenvalue weighted by molar-refractivity contribution is 9.10. The number of benzene rings is 2. The summed E-state index contributed by atoms with van der Waals surface area (Å²) in [5, 5.41) is 1.15. The van der Waals surface area contributed by atoms with E-state index in [2.05, 4.69) is 69.1 Å². The minimum absolute atomic E-state index is 0.874. The van der Waals surface area contributed by atoms with Crippen LogP contribution in [-0.4, -0.2) is 4.98 Å². The highest BCUT2D eigenvalue weighted by atomic mass is 79.9. The molecule has 2 aromatic carbocycles. The lowest BCUT2D eigenvalue weighted by molar-refractivity contribution is 1.14. The van der Waals surface area contributed by atoms with Gasteiger partial charge >= 0.3 is 0 Å². The van der Waals surface area contributed by atoms with Crippen molar-refractivity contribution in [3.05, 3.63) is 72.9 Å². The van der Waals surface area contributed by atoms with Gasteiger partial charge in [-0.2, -0.15) is 0 Å². The van der Waals surface area contributed by atoms with E-state index >= 15 is 0 Å². The van der Waals surface area contributed by atoms with Gasteiger partial charge in [-0.3, -0.25) is 0 Å². The zero-order chi connectivity index (χ0) is 14.8. The van der Waals surface area contributed by atoms with Crippen LogP contribution in [0.4, 0.5) is 0 Å². The molecule has 0 atom stereocenters. The Bertz CT molecular complexity index is 780. The quantitative estimate of drug-likeness (QED) is 0.487. The Kier molecular flexibility index (Phi) is 4.57. The normalized spacial score (nSPS) is 10.8. The van der Waals surface area contributed by atoms with E-state index < -0.39 is 0 Å². The van der Waals surface area contributed by atoms with Crippen LogP contribution in [0, 0.1) is 6.92 Å². The number of nitrogens with zero attached hydrogens (tertiary/aromatic N) is 1. The van der Waals surface area contributed by atoms with Gasteiger partial charge in [-0.1, -0.05) is 56.1 Å². The number of aryl methyl sites for hydroxylation is 1. The van der Waals surface area contributed by atoms with E-state index in [0.29, 0.717) is 0 Å². The number of thiazole rings is 1. The van der Waals surface area contributed by atoms with E-state index in [4.69, 9.17) is 4.98 Å². The summed E-state index contributed by atoms with van der Waals surface area (Å²) in [6.07, 6.45) is 0.874. The van der Waals surface area contributed by atoms with E-state index in [1.807, 2.05) is 18.2 Å². The molecule has 3 aromatic rings. The fourth-order valence-corrected chi connectivity index (χ4v) is 4.09. The summed E-state index contributed by atoms with van der Waals surface area (Å²) in [6.45, 7) is 2.14. The molecule has 0 saturated heterocycles. The molecule has 21 heavy (non-hydrogen) atoms. The minimum atomic E-state index is 0.874. The van der Waals surface area contributed by atoms with Crippen molar-refractivity contribution in [1.29, 1.82) is 0 Å². The SMILES string of the molecule is Cc1sc(Cc2cccc(Br)c2)nc1-c1cccc(Br)c1. The minimum Gasteiger partial charge on any atom is -0.241 e. The van der Waals surface area contributed by atoms with Gasteiger partial charge in [0, 0.05) is 25.8 Å². The molecule has 0 aliphatic rings. The molecule has 0 fully saturated rings. The molecule has 0 aliphatic heterocycles. The summed E-state index contributed by atoms with van der Waals surface area (Å²) < 4.78 is 2.20. The smallest absolute Gasteiger partial charge is 0.0979 e. The summed E-state index contributed by atoms with van der Waals surface area (Å²) in [6, 6.07) is 16.7. The lowest BCUT2D eigenvalue weighted by Crippen LogP contribution is -1.87. The molecular weight excluding hydrogens is 410 g/mol. The first-order valence-electron chi connectivity index (χ1n) is 6.58. The molecule has 0 unspecified atom stereocenters. The van der Waals surface area contributed by atoms with Crippen molar-refractivity contribution in [2.75, 3.05) is 0 Å². The van der Waals surface area contributed by atoms with Crippen molar-refractivity contribution in [2.45, 2.75) is 13.3 Å². The molecule has 3 rings (SSSR count). The molecule has 106 valence electrons. The zero-order valence-electron chi connectivity index (χ0n) is 11.4. The lowest BCUT2D eigenvalue weighted by atomic mass is 10.1. The van der Waals surface area contributed by atoms with Gasteiger partial charge < -0.3 is 0 Å². The van der Waals surface area contributed by atoms with E-state index in [-0.39, 0.29) is 0 Å². The van der Waals surface area contributed by atoms with Crippen LogP contribution in [0.15, 0.2) is 57.5 Å².